The van der Waals surface area contributed by atoms with Crippen molar-refractivity contribution in [3.8, 4) is 11.5 Å². The number of nitrogens with one attached hydrogen (secondary N) is 1. The Hall–Kier alpha value is -3.02. The number of nitrogens with zero attached hydrogens (tertiary/aromatic N) is 1. The van der Waals surface area contributed by atoms with Crippen LogP contribution < -0.4 is 14.8 Å². The Kier molecular flexibility index (Phi) is 7.78. The third-order valence-electron chi connectivity index (χ3n) is 6.50. The van der Waals surface area contributed by atoms with E-state index in [4.69, 9.17) is 9.47 Å². The molecule has 0 aliphatic carbocycles. The monoisotopic (exact) mass is 438 g/mol. The molecule has 6 heteroatoms. The summed E-state index contributed by atoms with van der Waals surface area (Å²) < 4.78 is 10.6. The lowest BCUT2D eigenvalue weighted by Crippen LogP contribution is -2.49. The van der Waals surface area contributed by atoms with E-state index in [-0.39, 0.29) is 17.7 Å². The fourth-order valence-corrected chi connectivity index (χ4v) is 4.27. The minimum absolute atomic E-state index is 0.0153. The molecule has 1 aliphatic rings. The molecule has 6 nitrogen and oxygen atoms in total. The predicted octanol–water partition coefficient (Wildman–Crippen LogP) is 4.14. The van der Waals surface area contributed by atoms with Crippen molar-refractivity contribution in [1.29, 1.82) is 0 Å². The molecule has 0 bridgehead atoms. The predicted molar refractivity (Wildman–Crippen MR) is 125 cm³/mol. The highest BCUT2D eigenvalue weighted by Crippen LogP contribution is 2.33. The van der Waals surface area contributed by atoms with Crippen LogP contribution in [0.2, 0.25) is 0 Å². The van der Waals surface area contributed by atoms with Crippen molar-refractivity contribution in [1.82, 2.24) is 10.2 Å². The molecule has 1 atom stereocenters. The van der Waals surface area contributed by atoms with Gasteiger partial charge in [0.25, 0.3) is 0 Å². The zero-order valence-corrected chi connectivity index (χ0v) is 19.5. The van der Waals surface area contributed by atoms with E-state index in [1.807, 2.05) is 61.2 Å². The lowest BCUT2D eigenvalue weighted by Gasteiger charge is -2.39. The van der Waals surface area contributed by atoms with E-state index >= 15 is 0 Å². The van der Waals surface area contributed by atoms with Crippen LogP contribution in [0.3, 0.4) is 0 Å². The molecule has 1 N–H and O–H groups in total. The van der Waals surface area contributed by atoms with Gasteiger partial charge in [0.05, 0.1) is 20.1 Å². The molecule has 0 saturated carbocycles. The Morgan fingerprint density at radius 1 is 1.03 bits per heavy atom. The first-order valence-corrected chi connectivity index (χ1v) is 11.2. The lowest BCUT2D eigenvalue weighted by molar-refractivity contribution is -0.140. The van der Waals surface area contributed by atoms with Crippen LogP contribution in [-0.4, -0.2) is 44.0 Å². The average molecular weight is 439 g/mol. The molecule has 172 valence electrons. The van der Waals surface area contributed by atoms with E-state index in [0.29, 0.717) is 44.0 Å². The standard InChI is InChI=1S/C26H34N2O4/c1-5-23(20-9-7-6-8-10-20)24(29)28-13-11-26(2,12-14-28)25(30)27-18-19-15-21(31-3)17-22(16-19)32-4/h6-10,15-17,23H,5,11-14,18H2,1-4H3,(H,27,30). The van der Waals surface area contributed by atoms with Gasteiger partial charge in [0, 0.05) is 31.1 Å². The van der Waals surface area contributed by atoms with Crippen molar-refractivity contribution in [2.45, 2.75) is 45.6 Å². The fraction of sp³-hybridized carbons (Fsp3) is 0.462. The number of amides is 2. The summed E-state index contributed by atoms with van der Waals surface area (Å²) in [5.74, 6) is 1.43. The van der Waals surface area contributed by atoms with Gasteiger partial charge in [-0.2, -0.15) is 0 Å². The van der Waals surface area contributed by atoms with Gasteiger partial charge in [-0.15, -0.1) is 0 Å². The molecule has 0 spiro atoms. The number of piperidine rings is 1. The van der Waals surface area contributed by atoms with E-state index in [2.05, 4.69) is 5.32 Å². The molecule has 1 aliphatic heterocycles. The molecule has 1 heterocycles. The van der Waals surface area contributed by atoms with Crippen molar-refractivity contribution in [3.63, 3.8) is 0 Å². The third kappa shape index (κ3) is 5.42. The van der Waals surface area contributed by atoms with Crippen LogP contribution in [-0.2, 0) is 16.1 Å². The molecular formula is C26H34N2O4. The number of hydrogen-bond acceptors (Lipinski definition) is 4. The lowest BCUT2D eigenvalue weighted by atomic mass is 9.79. The molecule has 3 rings (SSSR count). The van der Waals surface area contributed by atoms with Gasteiger partial charge in [-0.1, -0.05) is 44.2 Å². The Morgan fingerprint density at radius 2 is 1.62 bits per heavy atom. The molecule has 0 aromatic heterocycles. The average Bonchev–Trinajstić information content (AvgIpc) is 2.83. The third-order valence-corrected chi connectivity index (χ3v) is 6.50. The van der Waals surface area contributed by atoms with E-state index in [1.165, 1.54) is 0 Å². The van der Waals surface area contributed by atoms with Crippen molar-refractivity contribution in [2.75, 3.05) is 27.3 Å². The highest BCUT2D eigenvalue weighted by Gasteiger charge is 2.39. The van der Waals surface area contributed by atoms with Crippen LogP contribution in [0.25, 0.3) is 0 Å². The van der Waals surface area contributed by atoms with Crippen LogP contribution in [0.15, 0.2) is 48.5 Å². The Morgan fingerprint density at radius 3 is 2.16 bits per heavy atom. The molecule has 1 fully saturated rings. The van der Waals surface area contributed by atoms with Crippen LogP contribution in [0.1, 0.15) is 50.2 Å². The van der Waals surface area contributed by atoms with E-state index in [0.717, 1.165) is 17.5 Å². The second-order valence-electron chi connectivity index (χ2n) is 8.66. The maximum atomic E-state index is 13.1. The van der Waals surface area contributed by atoms with Gasteiger partial charge in [-0.25, -0.2) is 0 Å². The van der Waals surface area contributed by atoms with Crippen molar-refractivity contribution in [3.05, 3.63) is 59.7 Å². The van der Waals surface area contributed by atoms with E-state index in [1.54, 1.807) is 20.3 Å². The summed E-state index contributed by atoms with van der Waals surface area (Å²) in [7, 11) is 3.21. The topological polar surface area (TPSA) is 67.9 Å². The fourth-order valence-electron chi connectivity index (χ4n) is 4.27. The van der Waals surface area contributed by atoms with Crippen molar-refractivity contribution >= 4 is 11.8 Å². The number of rotatable bonds is 8. The molecule has 2 aromatic carbocycles. The first-order valence-electron chi connectivity index (χ1n) is 11.2. The smallest absolute Gasteiger partial charge is 0.230 e. The van der Waals surface area contributed by atoms with Gasteiger partial charge in [0.15, 0.2) is 0 Å². The van der Waals surface area contributed by atoms with E-state index in [9.17, 15) is 9.59 Å². The number of carbonyl (C=O) groups is 2. The van der Waals surface area contributed by atoms with Gasteiger partial charge in [-0.3, -0.25) is 9.59 Å². The molecule has 1 unspecified atom stereocenters. The summed E-state index contributed by atoms with van der Waals surface area (Å²) in [4.78, 5) is 28.1. The Labute approximate surface area is 190 Å². The SMILES string of the molecule is CCC(C(=O)N1CCC(C)(C(=O)NCc2cc(OC)cc(OC)c2)CC1)c1ccccc1. The molecule has 2 amide bonds. The van der Waals surface area contributed by atoms with E-state index < -0.39 is 5.41 Å². The largest absolute Gasteiger partial charge is 0.497 e. The van der Waals surface area contributed by atoms with Crippen molar-refractivity contribution < 1.29 is 19.1 Å². The number of carbonyl (C=O) groups excluding carboxylic acids is 2. The maximum absolute atomic E-state index is 13.1. The minimum Gasteiger partial charge on any atom is -0.497 e. The summed E-state index contributed by atoms with van der Waals surface area (Å²) in [6.07, 6.45) is 2.07. The highest BCUT2D eigenvalue weighted by molar-refractivity contribution is 5.85. The number of benzene rings is 2. The summed E-state index contributed by atoms with van der Waals surface area (Å²) in [5.41, 5.74) is 1.48. The Bertz CT molecular complexity index is 898. The maximum Gasteiger partial charge on any atom is 0.230 e. The first-order chi connectivity index (χ1) is 15.4. The second-order valence-corrected chi connectivity index (χ2v) is 8.66. The van der Waals surface area contributed by atoms with Gasteiger partial charge in [0.1, 0.15) is 11.5 Å². The summed E-state index contributed by atoms with van der Waals surface area (Å²) in [5, 5.41) is 3.06. The van der Waals surface area contributed by atoms with Gasteiger partial charge in [0.2, 0.25) is 11.8 Å². The van der Waals surface area contributed by atoms with Crippen LogP contribution in [0, 0.1) is 5.41 Å². The number of likely N-dealkylation sites (tertiary alicyclic amines) is 1. The van der Waals surface area contributed by atoms with Gasteiger partial charge in [-0.05, 0) is 42.5 Å². The van der Waals surface area contributed by atoms with Gasteiger partial charge < -0.3 is 19.7 Å². The Balaban J connectivity index is 1.58. The first kappa shape index (κ1) is 23.6. The molecule has 32 heavy (non-hydrogen) atoms. The summed E-state index contributed by atoms with van der Waals surface area (Å²) in [6.45, 7) is 5.63. The van der Waals surface area contributed by atoms with Crippen molar-refractivity contribution in [2.24, 2.45) is 5.41 Å². The molecule has 1 saturated heterocycles. The molecule has 2 aromatic rings. The molecule has 0 radical (unpaired) electrons. The minimum atomic E-state index is -0.492. The zero-order valence-electron chi connectivity index (χ0n) is 19.5. The van der Waals surface area contributed by atoms with Gasteiger partial charge >= 0.3 is 0 Å². The number of hydrogen-bond donors (Lipinski definition) is 1. The van der Waals surface area contributed by atoms with Crippen LogP contribution >= 0.6 is 0 Å². The van der Waals surface area contributed by atoms with Crippen LogP contribution in [0.4, 0.5) is 0 Å². The summed E-state index contributed by atoms with van der Waals surface area (Å²) in [6, 6.07) is 15.5. The molecular weight excluding hydrogens is 404 g/mol. The number of ether oxygens (including phenoxy) is 2. The summed E-state index contributed by atoms with van der Waals surface area (Å²) >= 11 is 0. The quantitative estimate of drug-likeness (QED) is 0.673. The number of methoxy groups -OCH3 is 2. The highest BCUT2D eigenvalue weighted by atomic mass is 16.5. The normalized spacial score (nSPS) is 16.2. The van der Waals surface area contributed by atoms with Crippen LogP contribution in [0.5, 0.6) is 11.5 Å². The zero-order chi connectivity index (χ0) is 23.1. The second kappa shape index (κ2) is 10.5.